The Morgan fingerprint density at radius 3 is 2.48 bits per heavy atom. The summed E-state index contributed by atoms with van der Waals surface area (Å²) < 4.78 is 36.0. The van der Waals surface area contributed by atoms with E-state index in [9.17, 15) is 28.3 Å². The van der Waals surface area contributed by atoms with Crippen molar-refractivity contribution in [1.82, 2.24) is 15.2 Å². The van der Waals surface area contributed by atoms with E-state index in [0.717, 1.165) is 40.2 Å². The van der Waals surface area contributed by atoms with E-state index < -0.39 is 23.6 Å². The molecule has 5 N–H and O–H groups in total. The molecule has 6 rings (SSSR count). The lowest BCUT2D eigenvalue weighted by Crippen LogP contribution is -2.39. The molecule has 0 radical (unpaired) electrons. The summed E-state index contributed by atoms with van der Waals surface area (Å²) in [4.78, 5) is 41.5. The number of likely N-dealkylation sites (tertiary alicyclic amines) is 1. The van der Waals surface area contributed by atoms with Crippen molar-refractivity contribution in [3.63, 3.8) is 0 Å². The lowest BCUT2D eigenvalue weighted by atomic mass is 10.0. The molecule has 1 aliphatic heterocycles. The molecule has 1 aromatic heterocycles. The third-order valence-electron chi connectivity index (χ3n) is 8.65. The number of phenolic OH excluding ortho intramolecular Hbond substituents is 1. The number of aromatic nitrogens is 1. The molecule has 10 nitrogen and oxygen atoms in total. The molecule has 0 unspecified atom stereocenters. The van der Waals surface area contributed by atoms with Crippen LogP contribution in [0.2, 0.25) is 0 Å². The van der Waals surface area contributed by atoms with Gasteiger partial charge >= 0.3 is 11.0 Å². The first-order valence-electron chi connectivity index (χ1n) is 16.4. The maximum atomic E-state index is 14.8. The summed E-state index contributed by atoms with van der Waals surface area (Å²) in [7, 11) is 0. The van der Waals surface area contributed by atoms with Crippen LogP contribution in [0.15, 0.2) is 83.7 Å². The highest BCUT2D eigenvalue weighted by molar-refractivity contribution is 7.16. The third-order valence-corrected chi connectivity index (χ3v) is 9.61. The lowest BCUT2D eigenvalue weighted by Gasteiger charge is -2.31. The zero-order valence-corrected chi connectivity index (χ0v) is 28.0. The molecule has 0 atom stereocenters. The molecule has 4 aromatic carbocycles. The number of benzene rings is 4. The molecule has 1 aliphatic rings. The van der Waals surface area contributed by atoms with Gasteiger partial charge in [0.2, 0.25) is 5.91 Å². The zero-order chi connectivity index (χ0) is 35.0. The number of fused-ring (bicyclic) bond motifs is 1. The van der Waals surface area contributed by atoms with Crippen molar-refractivity contribution in [2.45, 2.75) is 38.3 Å². The molecule has 260 valence electrons. The maximum Gasteiger partial charge on any atom is 0.411 e. The third kappa shape index (κ3) is 8.72. The van der Waals surface area contributed by atoms with Crippen LogP contribution in [0.4, 0.5) is 25.0 Å². The molecule has 50 heavy (non-hydrogen) atoms. The Labute approximate surface area is 291 Å². The normalized spacial score (nSPS) is 13.7. The van der Waals surface area contributed by atoms with Gasteiger partial charge in [-0.1, -0.05) is 65.9 Å². The van der Waals surface area contributed by atoms with Crippen LogP contribution in [-0.4, -0.2) is 59.3 Å². The number of aromatic hydroxyl groups is 1. The van der Waals surface area contributed by atoms with E-state index in [0.29, 0.717) is 61.3 Å². The van der Waals surface area contributed by atoms with Crippen LogP contribution in [0.3, 0.4) is 0 Å². The summed E-state index contributed by atoms with van der Waals surface area (Å²) >= 11 is 1.01. The number of anilines is 2. The summed E-state index contributed by atoms with van der Waals surface area (Å²) in [6.45, 7) is 2.16. The minimum absolute atomic E-state index is 0.00446. The number of phenols is 1. The van der Waals surface area contributed by atoms with Crippen LogP contribution in [0.5, 0.6) is 5.75 Å². The van der Waals surface area contributed by atoms with Crippen molar-refractivity contribution < 1.29 is 28.2 Å². The topological polar surface area (TPSA) is 136 Å². The zero-order valence-electron chi connectivity index (χ0n) is 27.1. The molecule has 5 aromatic rings. The molecule has 13 heteroatoms. The molecule has 0 spiro atoms. The number of para-hydroxylation sites is 1. The highest BCUT2D eigenvalue weighted by Gasteiger charge is 2.23. The van der Waals surface area contributed by atoms with Crippen molar-refractivity contribution in [3.05, 3.63) is 111 Å². The number of carbonyl (C=O) groups is 2. The van der Waals surface area contributed by atoms with Gasteiger partial charge in [-0.15, -0.1) is 0 Å². The molecular weight excluding hydrogens is 665 g/mol. The summed E-state index contributed by atoms with van der Waals surface area (Å²) in [6.07, 6.45) is 1.04. The fourth-order valence-electron chi connectivity index (χ4n) is 6.01. The Bertz CT molecular complexity index is 2030. The van der Waals surface area contributed by atoms with E-state index in [4.69, 9.17) is 4.74 Å². The first-order chi connectivity index (χ1) is 24.2. The van der Waals surface area contributed by atoms with Crippen molar-refractivity contribution in [2.75, 3.05) is 36.8 Å². The number of aromatic amines is 1. The van der Waals surface area contributed by atoms with Crippen LogP contribution in [-0.2, 0) is 22.5 Å². The fraction of sp³-hybridized carbons (Fsp3) is 0.270. The van der Waals surface area contributed by atoms with Crippen molar-refractivity contribution in [2.24, 2.45) is 0 Å². The molecule has 1 fully saturated rings. The number of thiazole rings is 1. The molecule has 0 bridgehead atoms. The molecule has 2 amide bonds. The summed E-state index contributed by atoms with van der Waals surface area (Å²) in [6, 6.07) is 22.6. The smallest absolute Gasteiger partial charge is 0.411 e. The predicted molar refractivity (Wildman–Crippen MR) is 191 cm³/mol. The molecule has 0 aliphatic carbocycles. The number of halogens is 2. The average Bonchev–Trinajstić information content (AvgIpc) is 3.52. The quantitative estimate of drug-likeness (QED) is 0.0924. The lowest BCUT2D eigenvalue weighted by molar-refractivity contribution is -0.116. The van der Waals surface area contributed by atoms with Crippen molar-refractivity contribution in [1.29, 1.82) is 0 Å². The monoisotopic (exact) mass is 701 g/mol. The number of ether oxygens (including phenoxy) is 1. The van der Waals surface area contributed by atoms with Crippen LogP contribution in [0.25, 0.3) is 21.3 Å². The minimum Gasteiger partial charge on any atom is -0.506 e. The number of carbonyl (C=O) groups excluding carboxylic acids is 2. The molecule has 1 saturated heterocycles. The minimum atomic E-state index is -0.739. The van der Waals surface area contributed by atoms with E-state index in [1.165, 1.54) is 6.07 Å². The van der Waals surface area contributed by atoms with E-state index in [1.54, 1.807) is 6.07 Å². The van der Waals surface area contributed by atoms with Gasteiger partial charge in [-0.25, -0.2) is 13.6 Å². The van der Waals surface area contributed by atoms with Gasteiger partial charge in [0.05, 0.1) is 16.1 Å². The number of amides is 2. The summed E-state index contributed by atoms with van der Waals surface area (Å²) in [5, 5.41) is 18.4. The highest BCUT2D eigenvalue weighted by Crippen LogP contribution is 2.29. The van der Waals surface area contributed by atoms with Crippen LogP contribution >= 0.6 is 11.3 Å². The van der Waals surface area contributed by atoms with Gasteiger partial charge in [-0.05, 0) is 55.1 Å². The predicted octanol–water partition coefficient (Wildman–Crippen LogP) is 6.61. The van der Waals surface area contributed by atoms with E-state index in [-0.39, 0.29) is 40.9 Å². The SMILES string of the molecule is O=C(CCN1CCC(OC(=O)Nc2ccccc2-c2ccccc2)CC1)Nc1cc(F)c(CNCCc2ccc(O)c3[nH]c(=O)sc23)cc1F. The van der Waals surface area contributed by atoms with Gasteiger partial charge in [0, 0.05) is 49.8 Å². The first kappa shape index (κ1) is 34.7. The Hall–Kier alpha value is -5.11. The van der Waals surface area contributed by atoms with Gasteiger partial charge in [0.25, 0.3) is 0 Å². The van der Waals surface area contributed by atoms with Gasteiger partial charge in [-0.3, -0.25) is 14.9 Å². The Morgan fingerprint density at radius 1 is 0.920 bits per heavy atom. The standard InChI is InChI=1S/C37H37F2N5O5S/c38-28-21-31(29(39)20-25(28)22-40-16-12-24-10-11-32(45)34-35(24)50-37(48)43-34)41-33(46)15-19-44-17-13-26(14-18-44)49-36(47)42-30-9-5-4-8-27(30)23-6-2-1-3-7-23/h1-11,20-21,26,40,45H,12-19,22H2,(H,41,46)(H,42,47)(H,43,48). The second-order valence-electron chi connectivity index (χ2n) is 12.1. The largest absolute Gasteiger partial charge is 0.506 e. The Morgan fingerprint density at radius 2 is 1.68 bits per heavy atom. The molecular formula is C37H37F2N5O5S. The van der Waals surface area contributed by atoms with Gasteiger partial charge in [-0.2, -0.15) is 0 Å². The van der Waals surface area contributed by atoms with Crippen LogP contribution in [0.1, 0.15) is 30.4 Å². The second-order valence-corrected chi connectivity index (χ2v) is 13.1. The van der Waals surface area contributed by atoms with E-state index in [2.05, 4.69) is 25.8 Å². The molecule has 0 saturated carbocycles. The fourth-order valence-corrected chi connectivity index (χ4v) is 6.91. The van der Waals surface area contributed by atoms with Crippen LogP contribution < -0.4 is 20.8 Å². The second kappa shape index (κ2) is 16.1. The highest BCUT2D eigenvalue weighted by atomic mass is 32.1. The number of piperidine rings is 1. The average molecular weight is 702 g/mol. The van der Waals surface area contributed by atoms with E-state index in [1.807, 2.05) is 54.6 Å². The van der Waals surface area contributed by atoms with E-state index >= 15 is 0 Å². The van der Waals surface area contributed by atoms with Gasteiger partial charge < -0.3 is 30.4 Å². The Balaban J connectivity index is 0.911. The molecule has 2 heterocycles. The van der Waals surface area contributed by atoms with Crippen molar-refractivity contribution in [3.8, 4) is 16.9 Å². The number of nitrogens with zero attached hydrogens (tertiary/aromatic N) is 1. The summed E-state index contributed by atoms with van der Waals surface area (Å²) in [5.41, 5.74) is 3.67. The van der Waals surface area contributed by atoms with Gasteiger partial charge in [0.1, 0.15) is 29.0 Å². The number of hydrogen-bond acceptors (Lipinski definition) is 8. The number of nitrogens with one attached hydrogen (secondary N) is 4. The summed E-state index contributed by atoms with van der Waals surface area (Å²) in [5.74, 6) is -1.83. The number of hydrogen-bond donors (Lipinski definition) is 5. The first-order valence-corrected chi connectivity index (χ1v) is 17.2. The maximum absolute atomic E-state index is 14.8. The number of rotatable bonds is 12. The number of H-pyrrole nitrogens is 1. The van der Waals surface area contributed by atoms with Crippen LogP contribution in [0, 0.1) is 11.6 Å². The van der Waals surface area contributed by atoms with Gasteiger partial charge in [0.15, 0.2) is 0 Å². The Kier molecular flexibility index (Phi) is 11.2. The van der Waals surface area contributed by atoms with Crippen molar-refractivity contribution >= 4 is 44.9 Å².